The molecule has 2 aliphatic rings. The lowest BCUT2D eigenvalue weighted by Crippen LogP contribution is -2.48. The van der Waals surface area contributed by atoms with Gasteiger partial charge in [-0.1, -0.05) is 12.1 Å². The highest BCUT2D eigenvalue weighted by Gasteiger charge is 2.35. The molecule has 1 saturated carbocycles. The number of halogens is 1. The number of fused-ring (bicyclic) bond motifs is 1. The Labute approximate surface area is 118 Å². The van der Waals surface area contributed by atoms with Gasteiger partial charge in [0.05, 0.1) is 12.7 Å². The van der Waals surface area contributed by atoms with Crippen molar-refractivity contribution in [2.75, 3.05) is 13.2 Å². The number of rotatable bonds is 3. The first kappa shape index (κ1) is 14.0. The van der Waals surface area contributed by atoms with E-state index in [9.17, 15) is 4.39 Å². The maximum atomic E-state index is 13.5. The van der Waals surface area contributed by atoms with E-state index in [1.165, 1.54) is 12.5 Å². The van der Waals surface area contributed by atoms with E-state index in [0.29, 0.717) is 18.7 Å². The second kappa shape index (κ2) is 5.81. The minimum Gasteiger partial charge on any atom is -0.423 e. The molecule has 2 unspecified atom stereocenters. The van der Waals surface area contributed by atoms with Gasteiger partial charge < -0.3 is 14.8 Å². The second-order valence-corrected chi connectivity index (χ2v) is 5.61. The van der Waals surface area contributed by atoms with Gasteiger partial charge in [-0.25, -0.2) is 4.39 Å². The number of morpholine rings is 1. The quantitative estimate of drug-likeness (QED) is 0.779. The van der Waals surface area contributed by atoms with Gasteiger partial charge in [0.2, 0.25) is 0 Å². The van der Waals surface area contributed by atoms with Gasteiger partial charge in [-0.05, 0) is 30.9 Å². The number of benzene rings is 1. The van der Waals surface area contributed by atoms with E-state index >= 15 is 0 Å². The van der Waals surface area contributed by atoms with Crippen LogP contribution < -0.4 is 5.46 Å². The zero-order valence-corrected chi connectivity index (χ0v) is 11.3. The van der Waals surface area contributed by atoms with E-state index in [4.69, 9.17) is 14.8 Å². The molecule has 0 amide bonds. The van der Waals surface area contributed by atoms with E-state index in [2.05, 4.69) is 4.90 Å². The molecule has 20 heavy (non-hydrogen) atoms. The Morgan fingerprint density at radius 2 is 2.20 bits per heavy atom. The monoisotopic (exact) mass is 279 g/mol. The van der Waals surface area contributed by atoms with Crippen LogP contribution in [0.5, 0.6) is 0 Å². The molecule has 1 heterocycles. The smallest absolute Gasteiger partial charge is 0.423 e. The summed E-state index contributed by atoms with van der Waals surface area (Å²) in [4.78, 5) is 2.36. The highest BCUT2D eigenvalue weighted by molar-refractivity contribution is 6.58. The highest BCUT2D eigenvalue weighted by atomic mass is 19.1. The summed E-state index contributed by atoms with van der Waals surface area (Å²) in [6.07, 6.45) is 3.77. The third-order valence-corrected chi connectivity index (χ3v) is 4.32. The lowest BCUT2D eigenvalue weighted by atomic mass is 9.79. The maximum absolute atomic E-state index is 13.5. The maximum Gasteiger partial charge on any atom is 0.491 e. The number of hydrogen-bond donors (Lipinski definition) is 2. The van der Waals surface area contributed by atoms with Crippen LogP contribution in [-0.2, 0) is 11.3 Å². The van der Waals surface area contributed by atoms with E-state index < -0.39 is 12.9 Å². The van der Waals surface area contributed by atoms with Gasteiger partial charge in [0.1, 0.15) is 5.82 Å². The first-order valence-electron chi connectivity index (χ1n) is 7.15. The fourth-order valence-electron chi connectivity index (χ4n) is 3.33. The molecule has 1 aliphatic carbocycles. The van der Waals surface area contributed by atoms with Crippen LogP contribution in [-0.4, -0.2) is 47.4 Å². The Morgan fingerprint density at radius 1 is 1.35 bits per heavy atom. The standard InChI is InChI=1S/C14H19BFNO3/c16-12-5-4-10(8-11(12)15(18)19)9-17-6-7-20-14-3-1-2-13(14)17/h4-5,8,13-14,18-19H,1-3,6-7,9H2. The first-order valence-corrected chi connectivity index (χ1v) is 7.15. The van der Waals surface area contributed by atoms with E-state index in [0.717, 1.165) is 31.6 Å². The fraction of sp³-hybridized carbons (Fsp3) is 0.571. The normalized spacial score (nSPS) is 26.6. The lowest BCUT2D eigenvalue weighted by molar-refractivity contribution is -0.0588. The van der Waals surface area contributed by atoms with E-state index in [-0.39, 0.29) is 5.46 Å². The van der Waals surface area contributed by atoms with Crippen LogP contribution in [0.2, 0.25) is 0 Å². The summed E-state index contributed by atoms with van der Waals surface area (Å²) in [6.45, 7) is 2.30. The predicted molar refractivity (Wildman–Crippen MR) is 74.0 cm³/mol. The molecule has 3 rings (SSSR count). The molecule has 1 aliphatic heterocycles. The molecule has 1 aromatic carbocycles. The molecule has 108 valence electrons. The summed E-state index contributed by atoms with van der Waals surface area (Å²) in [5.74, 6) is -0.579. The van der Waals surface area contributed by atoms with Crippen LogP contribution in [0.15, 0.2) is 18.2 Å². The van der Waals surface area contributed by atoms with Crippen molar-refractivity contribution in [3.63, 3.8) is 0 Å². The molecule has 0 radical (unpaired) electrons. The van der Waals surface area contributed by atoms with Crippen molar-refractivity contribution in [1.82, 2.24) is 4.90 Å². The molecule has 2 N–H and O–H groups in total. The van der Waals surface area contributed by atoms with Crippen LogP contribution in [0, 0.1) is 5.82 Å². The Kier molecular flexibility index (Phi) is 4.07. The van der Waals surface area contributed by atoms with Gasteiger partial charge in [0.25, 0.3) is 0 Å². The van der Waals surface area contributed by atoms with Crippen LogP contribution in [0.1, 0.15) is 24.8 Å². The number of nitrogens with zero attached hydrogens (tertiary/aromatic N) is 1. The van der Waals surface area contributed by atoms with Crippen molar-refractivity contribution >= 4 is 12.6 Å². The molecule has 0 spiro atoms. The number of hydrogen-bond acceptors (Lipinski definition) is 4. The van der Waals surface area contributed by atoms with Crippen molar-refractivity contribution in [3.05, 3.63) is 29.6 Å². The first-order chi connectivity index (χ1) is 9.65. The third-order valence-electron chi connectivity index (χ3n) is 4.32. The Balaban J connectivity index is 1.75. The van der Waals surface area contributed by atoms with E-state index in [1.807, 2.05) is 0 Å². The topological polar surface area (TPSA) is 52.9 Å². The van der Waals surface area contributed by atoms with Crippen molar-refractivity contribution in [2.45, 2.75) is 38.0 Å². The van der Waals surface area contributed by atoms with Gasteiger partial charge in [-0.3, -0.25) is 4.90 Å². The SMILES string of the molecule is OB(O)c1cc(CN2CCOC3CCCC32)ccc1F. The molecule has 2 fully saturated rings. The molecule has 0 bridgehead atoms. The molecular formula is C14H19BFNO3. The van der Waals surface area contributed by atoms with Crippen molar-refractivity contribution < 1.29 is 19.2 Å². The lowest BCUT2D eigenvalue weighted by Gasteiger charge is -2.37. The van der Waals surface area contributed by atoms with Gasteiger partial charge in [-0.2, -0.15) is 0 Å². The van der Waals surface area contributed by atoms with Crippen molar-refractivity contribution in [3.8, 4) is 0 Å². The third kappa shape index (κ3) is 2.74. The van der Waals surface area contributed by atoms with Crippen LogP contribution in [0.3, 0.4) is 0 Å². The zero-order chi connectivity index (χ0) is 14.1. The van der Waals surface area contributed by atoms with Gasteiger partial charge >= 0.3 is 7.12 Å². The summed E-state index contributed by atoms with van der Waals surface area (Å²) in [7, 11) is -1.76. The molecule has 1 aromatic rings. The van der Waals surface area contributed by atoms with E-state index in [1.54, 1.807) is 12.1 Å². The highest BCUT2D eigenvalue weighted by Crippen LogP contribution is 2.30. The number of ether oxygens (including phenoxy) is 1. The van der Waals surface area contributed by atoms with Crippen LogP contribution >= 0.6 is 0 Å². The Hall–Kier alpha value is -0.945. The largest absolute Gasteiger partial charge is 0.491 e. The molecule has 6 heteroatoms. The van der Waals surface area contributed by atoms with Gasteiger partial charge in [-0.15, -0.1) is 0 Å². The van der Waals surface area contributed by atoms with Crippen LogP contribution in [0.4, 0.5) is 4.39 Å². The molecule has 1 saturated heterocycles. The van der Waals surface area contributed by atoms with Gasteiger partial charge in [0.15, 0.2) is 0 Å². The fourth-order valence-corrected chi connectivity index (χ4v) is 3.33. The Morgan fingerprint density at radius 3 is 3.00 bits per heavy atom. The summed E-state index contributed by atoms with van der Waals surface area (Å²) in [6, 6.07) is 4.99. The molecule has 4 nitrogen and oxygen atoms in total. The zero-order valence-electron chi connectivity index (χ0n) is 11.3. The molecule has 0 aromatic heterocycles. The summed E-state index contributed by atoms with van der Waals surface area (Å²) in [5, 5.41) is 18.3. The van der Waals surface area contributed by atoms with Crippen molar-refractivity contribution in [2.24, 2.45) is 0 Å². The minimum atomic E-state index is -1.76. The second-order valence-electron chi connectivity index (χ2n) is 5.61. The minimum absolute atomic E-state index is 0.0567. The summed E-state index contributed by atoms with van der Waals surface area (Å²) >= 11 is 0. The summed E-state index contributed by atoms with van der Waals surface area (Å²) < 4.78 is 19.2. The van der Waals surface area contributed by atoms with Crippen LogP contribution in [0.25, 0.3) is 0 Å². The average Bonchev–Trinajstić information content (AvgIpc) is 2.90. The van der Waals surface area contributed by atoms with Gasteiger partial charge in [0, 0.05) is 24.6 Å². The molecular weight excluding hydrogens is 260 g/mol. The Bertz CT molecular complexity index is 485. The van der Waals surface area contributed by atoms with Crippen molar-refractivity contribution in [1.29, 1.82) is 0 Å². The summed E-state index contributed by atoms with van der Waals surface area (Å²) in [5.41, 5.74) is 0.848. The average molecular weight is 279 g/mol. The predicted octanol–water partition coefficient (Wildman–Crippen LogP) is 0.259. The molecule has 2 atom stereocenters.